The largest absolute Gasteiger partial charge is 0.488 e. The number of aliphatic hydroxyl groups is 1. The van der Waals surface area contributed by atoms with Crippen LogP contribution in [0.2, 0.25) is 0 Å². The summed E-state index contributed by atoms with van der Waals surface area (Å²) in [5.41, 5.74) is 0. The summed E-state index contributed by atoms with van der Waals surface area (Å²) >= 11 is 0. The van der Waals surface area contributed by atoms with E-state index in [2.05, 4.69) is 4.90 Å². The number of carbonyl (C=O) groups excluding carboxylic acids is 1. The normalized spacial score (nSPS) is 20.8. The van der Waals surface area contributed by atoms with Gasteiger partial charge in [0.1, 0.15) is 12.7 Å². The van der Waals surface area contributed by atoms with Crippen LogP contribution in [0, 0.1) is 11.7 Å². The second-order valence-corrected chi connectivity index (χ2v) is 6.91. The number of amides is 1. The first-order valence-corrected chi connectivity index (χ1v) is 9.28. The Bertz CT molecular complexity index is 587. The van der Waals surface area contributed by atoms with Crippen molar-refractivity contribution in [3.8, 4) is 5.75 Å². The average molecular weight is 366 g/mol. The predicted molar refractivity (Wildman–Crippen MR) is 94.5 cm³/mol. The van der Waals surface area contributed by atoms with Gasteiger partial charge in [0.2, 0.25) is 5.91 Å². The van der Waals surface area contributed by atoms with Gasteiger partial charge in [0.15, 0.2) is 11.6 Å². The van der Waals surface area contributed by atoms with Gasteiger partial charge in [-0.25, -0.2) is 4.39 Å². The number of aliphatic hydroxyl groups excluding tert-OH is 1. The second-order valence-electron chi connectivity index (χ2n) is 6.91. The van der Waals surface area contributed by atoms with Crippen molar-refractivity contribution in [2.45, 2.75) is 18.9 Å². The first-order valence-electron chi connectivity index (χ1n) is 9.28. The van der Waals surface area contributed by atoms with Gasteiger partial charge < -0.3 is 24.4 Å². The molecule has 1 unspecified atom stereocenters. The maximum absolute atomic E-state index is 13.5. The van der Waals surface area contributed by atoms with Gasteiger partial charge in [-0.3, -0.25) is 4.79 Å². The Balaban J connectivity index is 1.38. The van der Waals surface area contributed by atoms with E-state index in [0.717, 1.165) is 25.9 Å². The van der Waals surface area contributed by atoms with E-state index < -0.39 is 11.9 Å². The third-order valence-electron chi connectivity index (χ3n) is 5.00. The van der Waals surface area contributed by atoms with E-state index in [1.807, 2.05) is 4.90 Å². The quantitative estimate of drug-likeness (QED) is 0.818. The lowest BCUT2D eigenvalue weighted by Crippen LogP contribution is -2.48. The molecule has 1 N–H and O–H groups in total. The van der Waals surface area contributed by atoms with Gasteiger partial charge in [-0.1, -0.05) is 12.1 Å². The Morgan fingerprint density at radius 1 is 1.23 bits per heavy atom. The van der Waals surface area contributed by atoms with Gasteiger partial charge in [0.25, 0.3) is 0 Å². The van der Waals surface area contributed by atoms with Crippen LogP contribution in [0.3, 0.4) is 0 Å². The number of hydrogen-bond donors (Lipinski definition) is 1. The molecular weight excluding hydrogens is 339 g/mol. The van der Waals surface area contributed by atoms with Crippen molar-refractivity contribution in [1.82, 2.24) is 9.80 Å². The van der Waals surface area contributed by atoms with Crippen LogP contribution in [-0.2, 0) is 9.53 Å². The molecule has 0 radical (unpaired) electrons. The van der Waals surface area contributed by atoms with E-state index >= 15 is 0 Å². The van der Waals surface area contributed by atoms with Gasteiger partial charge in [-0.2, -0.15) is 0 Å². The number of rotatable bonds is 6. The van der Waals surface area contributed by atoms with Crippen molar-refractivity contribution in [3.63, 3.8) is 0 Å². The zero-order valence-electron chi connectivity index (χ0n) is 15.0. The number of hydrogen-bond acceptors (Lipinski definition) is 5. The van der Waals surface area contributed by atoms with Crippen LogP contribution >= 0.6 is 0 Å². The lowest BCUT2D eigenvalue weighted by Gasteiger charge is -2.36. The SMILES string of the molecule is O=C(C1CCN(CC(O)COc2ccccc2F)CC1)N1CCOCC1. The highest BCUT2D eigenvalue weighted by Gasteiger charge is 2.29. The molecule has 0 aliphatic carbocycles. The highest BCUT2D eigenvalue weighted by Crippen LogP contribution is 2.21. The highest BCUT2D eigenvalue weighted by molar-refractivity contribution is 5.79. The van der Waals surface area contributed by atoms with Gasteiger partial charge in [-0.05, 0) is 38.1 Å². The van der Waals surface area contributed by atoms with E-state index in [0.29, 0.717) is 32.8 Å². The van der Waals surface area contributed by atoms with E-state index in [4.69, 9.17) is 9.47 Å². The van der Waals surface area contributed by atoms with Crippen molar-refractivity contribution in [1.29, 1.82) is 0 Å². The van der Waals surface area contributed by atoms with Gasteiger partial charge >= 0.3 is 0 Å². The number of carbonyl (C=O) groups is 1. The number of ether oxygens (including phenoxy) is 2. The van der Waals surface area contributed by atoms with Crippen LogP contribution < -0.4 is 4.74 Å². The van der Waals surface area contributed by atoms with Gasteiger partial charge in [-0.15, -0.1) is 0 Å². The van der Waals surface area contributed by atoms with Crippen molar-refractivity contribution in [3.05, 3.63) is 30.1 Å². The molecule has 0 bridgehead atoms. The second kappa shape index (κ2) is 9.30. The summed E-state index contributed by atoms with van der Waals surface area (Å²) in [7, 11) is 0. The number of β-amino-alcohol motifs (C(OH)–C–C–N with tert-alkyl or cyclic N) is 1. The molecule has 2 fully saturated rings. The summed E-state index contributed by atoms with van der Waals surface area (Å²) < 4.78 is 24.2. The fourth-order valence-corrected chi connectivity index (χ4v) is 3.50. The molecule has 0 aromatic heterocycles. The standard InChI is InChI=1S/C19H27FN2O4/c20-17-3-1-2-4-18(17)26-14-16(23)13-21-7-5-15(6-8-21)19(24)22-9-11-25-12-10-22/h1-4,15-16,23H,5-14H2. The molecule has 2 aliphatic rings. The smallest absolute Gasteiger partial charge is 0.225 e. The molecule has 2 heterocycles. The number of benzene rings is 1. The van der Waals surface area contributed by atoms with Crippen molar-refractivity contribution in [2.24, 2.45) is 5.92 Å². The van der Waals surface area contributed by atoms with Crippen LogP contribution in [0.15, 0.2) is 24.3 Å². The van der Waals surface area contributed by atoms with Crippen LogP contribution in [0.1, 0.15) is 12.8 Å². The summed E-state index contributed by atoms with van der Waals surface area (Å²) in [4.78, 5) is 16.6. The van der Waals surface area contributed by atoms with E-state index in [1.54, 1.807) is 18.2 Å². The number of para-hydroxylation sites is 1. The Kier molecular flexibility index (Phi) is 6.82. The first-order chi connectivity index (χ1) is 12.6. The molecule has 2 saturated heterocycles. The van der Waals surface area contributed by atoms with Crippen LogP contribution in [0.5, 0.6) is 5.75 Å². The average Bonchev–Trinajstić information content (AvgIpc) is 2.68. The lowest BCUT2D eigenvalue weighted by atomic mass is 9.95. The maximum Gasteiger partial charge on any atom is 0.225 e. The van der Waals surface area contributed by atoms with E-state index in [9.17, 15) is 14.3 Å². The number of likely N-dealkylation sites (tertiary alicyclic amines) is 1. The van der Waals surface area contributed by atoms with Gasteiger partial charge in [0.05, 0.1) is 13.2 Å². The third kappa shape index (κ3) is 5.16. The topological polar surface area (TPSA) is 62.2 Å². The Labute approximate surface area is 153 Å². The van der Waals surface area contributed by atoms with E-state index in [-0.39, 0.29) is 24.2 Å². The van der Waals surface area contributed by atoms with Crippen molar-refractivity contribution < 1.29 is 23.8 Å². The molecule has 7 heteroatoms. The highest BCUT2D eigenvalue weighted by atomic mass is 19.1. The lowest BCUT2D eigenvalue weighted by molar-refractivity contribution is -0.141. The molecule has 2 aliphatic heterocycles. The summed E-state index contributed by atoms with van der Waals surface area (Å²) in [5.74, 6) is 0.0241. The molecule has 144 valence electrons. The monoisotopic (exact) mass is 366 g/mol. The molecule has 6 nitrogen and oxygen atoms in total. The zero-order chi connectivity index (χ0) is 18.4. The van der Waals surface area contributed by atoms with Crippen molar-refractivity contribution in [2.75, 3.05) is 52.5 Å². The molecule has 26 heavy (non-hydrogen) atoms. The Morgan fingerprint density at radius 2 is 1.92 bits per heavy atom. The molecule has 0 spiro atoms. The van der Waals surface area contributed by atoms with Crippen LogP contribution in [0.25, 0.3) is 0 Å². The summed E-state index contributed by atoms with van der Waals surface area (Å²) in [6.07, 6.45) is 0.912. The third-order valence-corrected chi connectivity index (χ3v) is 5.00. The molecule has 1 aromatic rings. The number of halogens is 1. The number of morpholine rings is 1. The van der Waals surface area contributed by atoms with E-state index in [1.165, 1.54) is 6.07 Å². The minimum Gasteiger partial charge on any atom is -0.488 e. The van der Waals surface area contributed by atoms with Gasteiger partial charge in [0, 0.05) is 25.6 Å². The zero-order valence-corrected chi connectivity index (χ0v) is 15.0. The van der Waals surface area contributed by atoms with Crippen LogP contribution in [-0.4, -0.2) is 79.5 Å². The first kappa shape index (κ1) is 19.1. The molecule has 1 amide bonds. The fourth-order valence-electron chi connectivity index (χ4n) is 3.50. The minimum atomic E-state index is -0.693. The molecular formula is C19H27FN2O4. The maximum atomic E-state index is 13.5. The Hall–Kier alpha value is -1.70. The fraction of sp³-hybridized carbons (Fsp3) is 0.632. The summed E-state index contributed by atoms with van der Waals surface area (Å²) in [6.45, 7) is 4.68. The molecule has 1 atom stereocenters. The summed E-state index contributed by atoms with van der Waals surface area (Å²) in [6, 6.07) is 6.17. The molecule has 3 rings (SSSR count). The van der Waals surface area contributed by atoms with Crippen LogP contribution in [0.4, 0.5) is 4.39 Å². The molecule has 1 aromatic carbocycles. The predicted octanol–water partition coefficient (Wildman–Crippen LogP) is 1.14. The Morgan fingerprint density at radius 3 is 2.62 bits per heavy atom. The molecule has 0 saturated carbocycles. The summed E-state index contributed by atoms with van der Waals surface area (Å²) in [5, 5.41) is 10.2. The minimum absolute atomic E-state index is 0.0492. The number of piperidine rings is 1. The number of nitrogens with zero attached hydrogens (tertiary/aromatic N) is 2. The van der Waals surface area contributed by atoms with Crippen molar-refractivity contribution >= 4 is 5.91 Å².